The molecule has 5 heteroatoms. The largest absolute Gasteiger partial charge is 0.489 e. The molecule has 1 aliphatic heterocycles. The molecule has 1 atom stereocenters. The zero-order chi connectivity index (χ0) is 18.9. The predicted molar refractivity (Wildman–Crippen MR) is 101 cm³/mol. The second-order valence-corrected chi connectivity index (χ2v) is 7.90. The van der Waals surface area contributed by atoms with Crippen LogP contribution in [0.2, 0.25) is 0 Å². The third-order valence-electron chi connectivity index (χ3n) is 6.11. The van der Waals surface area contributed by atoms with Crippen molar-refractivity contribution in [3.8, 4) is 5.75 Å². The molecule has 1 N–H and O–H groups in total. The number of alkyl halides is 3. The first-order chi connectivity index (χ1) is 13.0. The van der Waals surface area contributed by atoms with Crippen molar-refractivity contribution in [1.29, 1.82) is 0 Å². The minimum atomic E-state index is -4.26. The highest BCUT2D eigenvalue weighted by Crippen LogP contribution is 2.44. The summed E-state index contributed by atoms with van der Waals surface area (Å²) in [6.07, 6.45) is 5.56. The summed E-state index contributed by atoms with van der Waals surface area (Å²) in [4.78, 5) is 0. The number of nitrogens with one attached hydrogen (secondary N) is 1. The lowest BCUT2D eigenvalue weighted by Gasteiger charge is -2.34. The molecule has 1 fully saturated rings. The average molecular weight is 377 g/mol. The third-order valence-corrected chi connectivity index (χ3v) is 6.11. The van der Waals surface area contributed by atoms with Gasteiger partial charge in [-0.25, -0.2) is 0 Å². The number of fused-ring (bicyclic) bond motifs is 1. The third kappa shape index (κ3) is 4.17. The molecule has 27 heavy (non-hydrogen) atoms. The first kappa shape index (κ1) is 18.5. The average Bonchev–Trinajstić information content (AvgIpc) is 3.14. The number of halogens is 3. The molecule has 1 heterocycles. The van der Waals surface area contributed by atoms with E-state index in [4.69, 9.17) is 4.74 Å². The molecular weight excluding hydrogens is 351 g/mol. The van der Waals surface area contributed by atoms with Crippen molar-refractivity contribution in [3.63, 3.8) is 0 Å². The Balaban J connectivity index is 1.45. The summed E-state index contributed by atoms with van der Waals surface area (Å²) in [5, 5.41) is 3.29. The van der Waals surface area contributed by atoms with E-state index in [1.807, 2.05) is 24.3 Å². The Morgan fingerprint density at radius 2 is 1.93 bits per heavy atom. The molecule has 0 saturated heterocycles. The molecule has 0 spiro atoms. The van der Waals surface area contributed by atoms with Gasteiger partial charge in [0.25, 0.3) is 0 Å². The molecule has 4 rings (SSSR count). The van der Waals surface area contributed by atoms with Gasteiger partial charge in [-0.3, -0.25) is 0 Å². The van der Waals surface area contributed by atoms with Gasteiger partial charge in [-0.2, -0.15) is 13.2 Å². The van der Waals surface area contributed by atoms with Crippen LogP contribution in [-0.4, -0.2) is 19.3 Å². The fraction of sp³-hybridized carbons (Fsp3) is 0.545. The van der Waals surface area contributed by atoms with Crippen LogP contribution in [0, 0.1) is 11.8 Å². The zero-order valence-electron chi connectivity index (χ0n) is 15.4. The fourth-order valence-electron chi connectivity index (χ4n) is 4.68. The van der Waals surface area contributed by atoms with Crippen LogP contribution in [0.15, 0.2) is 41.5 Å². The number of hydrogen-bond acceptors (Lipinski definition) is 2. The summed E-state index contributed by atoms with van der Waals surface area (Å²) in [6.45, 7) is 1.10. The molecule has 1 aromatic rings. The number of hydrogen-bond donors (Lipinski definition) is 1. The minimum absolute atomic E-state index is 0.162. The maximum atomic E-state index is 13.7. The van der Waals surface area contributed by atoms with Gasteiger partial charge in [0.1, 0.15) is 12.4 Å². The Kier molecular flexibility index (Phi) is 5.20. The lowest BCUT2D eigenvalue weighted by atomic mass is 9.72. The van der Waals surface area contributed by atoms with Crippen LogP contribution in [0.1, 0.15) is 44.1 Å². The summed E-state index contributed by atoms with van der Waals surface area (Å²) in [5.41, 5.74) is 2.60. The topological polar surface area (TPSA) is 21.3 Å². The van der Waals surface area contributed by atoms with Crippen molar-refractivity contribution < 1.29 is 17.9 Å². The lowest BCUT2D eigenvalue weighted by molar-refractivity contribution is -0.103. The summed E-state index contributed by atoms with van der Waals surface area (Å²) in [6, 6.07) is 5.83. The SMILES string of the molecule is FC(F)(F)C1=CC(COc2ccc3c(c2)CCN3)=CCC1C1CCCCC1. The van der Waals surface area contributed by atoms with Crippen LogP contribution in [0.4, 0.5) is 18.9 Å². The van der Waals surface area contributed by atoms with Gasteiger partial charge in [0, 0.05) is 17.8 Å². The van der Waals surface area contributed by atoms with E-state index in [2.05, 4.69) is 5.32 Å². The van der Waals surface area contributed by atoms with E-state index in [-0.39, 0.29) is 24.0 Å². The molecule has 1 aromatic carbocycles. The van der Waals surface area contributed by atoms with Crippen LogP contribution < -0.4 is 10.1 Å². The highest BCUT2D eigenvalue weighted by molar-refractivity contribution is 5.57. The van der Waals surface area contributed by atoms with Gasteiger partial charge >= 0.3 is 6.18 Å². The van der Waals surface area contributed by atoms with Crippen molar-refractivity contribution in [2.75, 3.05) is 18.5 Å². The van der Waals surface area contributed by atoms with Gasteiger partial charge in [-0.05, 0) is 72.9 Å². The van der Waals surface area contributed by atoms with Crippen LogP contribution in [0.25, 0.3) is 0 Å². The minimum Gasteiger partial charge on any atom is -0.489 e. The Morgan fingerprint density at radius 1 is 1.11 bits per heavy atom. The standard InChI is InChI=1S/C22H26F3NO/c23-22(24,25)20-12-15(6-8-19(20)16-4-2-1-3-5-16)14-27-18-7-9-21-17(13-18)10-11-26-21/h6-7,9,12-13,16,19,26H,1-5,8,10-11,14H2. The van der Waals surface area contributed by atoms with Crippen molar-refractivity contribution >= 4 is 5.69 Å². The number of allylic oxidation sites excluding steroid dienone is 2. The number of anilines is 1. The Bertz CT molecular complexity index is 744. The van der Waals surface area contributed by atoms with E-state index in [1.54, 1.807) is 0 Å². The maximum Gasteiger partial charge on any atom is 0.412 e. The van der Waals surface area contributed by atoms with Crippen molar-refractivity contribution in [3.05, 3.63) is 47.1 Å². The summed E-state index contributed by atoms with van der Waals surface area (Å²) < 4.78 is 46.9. The normalized spacial score (nSPS) is 23.3. The number of benzene rings is 1. The summed E-state index contributed by atoms with van der Waals surface area (Å²) >= 11 is 0. The summed E-state index contributed by atoms with van der Waals surface area (Å²) in [7, 11) is 0. The van der Waals surface area contributed by atoms with E-state index >= 15 is 0 Å². The second-order valence-electron chi connectivity index (χ2n) is 7.90. The van der Waals surface area contributed by atoms with Gasteiger partial charge in [0.05, 0.1) is 0 Å². The van der Waals surface area contributed by atoms with Gasteiger partial charge in [0.2, 0.25) is 0 Å². The maximum absolute atomic E-state index is 13.7. The number of ether oxygens (including phenoxy) is 1. The molecule has 3 aliphatic rings. The molecule has 146 valence electrons. The van der Waals surface area contributed by atoms with E-state index in [0.717, 1.165) is 56.5 Å². The molecular formula is C22H26F3NO. The molecule has 1 unspecified atom stereocenters. The smallest absolute Gasteiger partial charge is 0.412 e. The molecule has 1 saturated carbocycles. The van der Waals surface area contributed by atoms with E-state index in [1.165, 1.54) is 11.6 Å². The van der Waals surface area contributed by atoms with Gasteiger partial charge in [-0.15, -0.1) is 0 Å². The molecule has 2 nitrogen and oxygen atoms in total. The zero-order valence-corrected chi connectivity index (χ0v) is 15.4. The predicted octanol–water partition coefficient (Wildman–Crippen LogP) is 6.05. The Labute approximate surface area is 158 Å². The highest BCUT2D eigenvalue weighted by Gasteiger charge is 2.42. The van der Waals surface area contributed by atoms with Gasteiger partial charge in [0.15, 0.2) is 0 Å². The van der Waals surface area contributed by atoms with Crippen LogP contribution >= 0.6 is 0 Å². The Morgan fingerprint density at radius 3 is 2.70 bits per heavy atom. The molecule has 0 bridgehead atoms. The Hall–Kier alpha value is -1.91. The second kappa shape index (κ2) is 7.61. The van der Waals surface area contributed by atoms with E-state index < -0.39 is 6.18 Å². The number of rotatable bonds is 4. The van der Waals surface area contributed by atoms with Gasteiger partial charge < -0.3 is 10.1 Å². The summed E-state index contributed by atoms with van der Waals surface area (Å²) in [5.74, 6) is 0.490. The molecule has 0 aromatic heterocycles. The van der Waals surface area contributed by atoms with Crippen LogP contribution in [0.5, 0.6) is 5.75 Å². The fourth-order valence-corrected chi connectivity index (χ4v) is 4.68. The monoisotopic (exact) mass is 377 g/mol. The quantitative estimate of drug-likeness (QED) is 0.690. The first-order valence-electron chi connectivity index (χ1n) is 9.98. The molecule has 2 aliphatic carbocycles. The molecule has 0 amide bonds. The van der Waals surface area contributed by atoms with Crippen molar-refractivity contribution in [2.45, 2.75) is 51.1 Å². The highest BCUT2D eigenvalue weighted by atomic mass is 19.4. The van der Waals surface area contributed by atoms with Crippen molar-refractivity contribution in [2.24, 2.45) is 11.8 Å². The van der Waals surface area contributed by atoms with Crippen LogP contribution in [-0.2, 0) is 6.42 Å². The van der Waals surface area contributed by atoms with E-state index in [0.29, 0.717) is 12.0 Å². The van der Waals surface area contributed by atoms with Crippen molar-refractivity contribution in [1.82, 2.24) is 0 Å². The molecule has 0 radical (unpaired) electrons. The van der Waals surface area contributed by atoms with Crippen LogP contribution in [0.3, 0.4) is 0 Å². The first-order valence-corrected chi connectivity index (χ1v) is 9.98. The lowest BCUT2D eigenvalue weighted by Crippen LogP contribution is -2.29. The van der Waals surface area contributed by atoms with Gasteiger partial charge in [-0.1, -0.05) is 25.3 Å². The van der Waals surface area contributed by atoms with E-state index in [9.17, 15) is 13.2 Å².